The third kappa shape index (κ3) is 5.06. The smallest absolute Gasteiger partial charge is 0.241 e. The number of thiophene rings is 1. The quantitative estimate of drug-likeness (QED) is 0.684. The molecule has 4 nitrogen and oxygen atoms in total. The molecule has 0 saturated heterocycles. The summed E-state index contributed by atoms with van der Waals surface area (Å²) in [5.41, 5.74) is 0. The van der Waals surface area contributed by atoms with Crippen LogP contribution in [0.2, 0.25) is 0 Å². The summed E-state index contributed by atoms with van der Waals surface area (Å²) in [6.45, 7) is 4.20. The van der Waals surface area contributed by atoms with Crippen molar-refractivity contribution >= 4 is 21.4 Å². The molecule has 1 aliphatic carbocycles. The van der Waals surface area contributed by atoms with Crippen LogP contribution in [0, 0.1) is 5.92 Å². The van der Waals surface area contributed by atoms with Gasteiger partial charge < -0.3 is 5.32 Å². The van der Waals surface area contributed by atoms with E-state index >= 15 is 0 Å². The third-order valence-corrected chi connectivity index (χ3v) is 6.62. The Morgan fingerprint density at radius 2 is 2.05 bits per heavy atom. The summed E-state index contributed by atoms with van der Waals surface area (Å²) < 4.78 is 27.5. The van der Waals surface area contributed by atoms with Gasteiger partial charge in [-0.2, -0.15) is 0 Å². The molecular weight excluding hydrogens is 304 g/mol. The third-order valence-electron chi connectivity index (χ3n) is 4.03. The predicted molar refractivity (Wildman–Crippen MR) is 88.1 cm³/mol. The van der Waals surface area contributed by atoms with Crippen molar-refractivity contribution in [2.75, 3.05) is 13.1 Å². The lowest BCUT2D eigenvalue weighted by atomic mass is 10.1. The van der Waals surface area contributed by atoms with Gasteiger partial charge in [0, 0.05) is 18.0 Å². The molecule has 0 unspecified atom stereocenters. The highest BCUT2D eigenvalue weighted by molar-refractivity contribution is 7.89. The van der Waals surface area contributed by atoms with Gasteiger partial charge in [0.05, 0.1) is 4.90 Å². The zero-order chi connectivity index (χ0) is 15.1. The topological polar surface area (TPSA) is 58.2 Å². The molecule has 1 fully saturated rings. The van der Waals surface area contributed by atoms with Crippen molar-refractivity contribution in [3.8, 4) is 0 Å². The SMILES string of the molecule is CCCNCc1sccc1S(=O)(=O)NCCC1CCCC1. The maximum absolute atomic E-state index is 12.4. The lowest BCUT2D eigenvalue weighted by Gasteiger charge is -2.11. The van der Waals surface area contributed by atoms with E-state index in [1.165, 1.54) is 37.0 Å². The number of nitrogens with one attached hydrogen (secondary N) is 2. The van der Waals surface area contributed by atoms with Crippen LogP contribution in [-0.2, 0) is 16.6 Å². The molecule has 0 aromatic carbocycles. The van der Waals surface area contributed by atoms with Crippen molar-refractivity contribution in [1.82, 2.24) is 10.0 Å². The second-order valence-corrected chi connectivity index (χ2v) is 8.46. The molecule has 2 N–H and O–H groups in total. The van der Waals surface area contributed by atoms with Crippen LogP contribution < -0.4 is 10.0 Å². The van der Waals surface area contributed by atoms with Crippen LogP contribution >= 0.6 is 11.3 Å². The van der Waals surface area contributed by atoms with E-state index in [9.17, 15) is 8.42 Å². The fourth-order valence-electron chi connectivity index (χ4n) is 2.85. The molecule has 0 radical (unpaired) electrons. The maximum Gasteiger partial charge on any atom is 0.241 e. The van der Waals surface area contributed by atoms with Gasteiger partial charge in [-0.3, -0.25) is 0 Å². The van der Waals surface area contributed by atoms with Crippen LogP contribution in [0.4, 0.5) is 0 Å². The molecule has 1 aromatic rings. The second kappa shape index (κ2) is 8.27. The Labute approximate surface area is 132 Å². The molecule has 1 aromatic heterocycles. The first kappa shape index (κ1) is 16.9. The lowest BCUT2D eigenvalue weighted by molar-refractivity contribution is 0.495. The first-order valence-corrected chi connectivity index (χ1v) is 10.3. The van der Waals surface area contributed by atoms with Gasteiger partial charge in [-0.25, -0.2) is 13.1 Å². The van der Waals surface area contributed by atoms with Gasteiger partial charge in [-0.15, -0.1) is 11.3 Å². The molecule has 2 rings (SSSR count). The van der Waals surface area contributed by atoms with E-state index in [0.29, 0.717) is 23.9 Å². The van der Waals surface area contributed by atoms with Gasteiger partial charge in [0.1, 0.15) is 0 Å². The Kier molecular flexibility index (Phi) is 6.67. The Morgan fingerprint density at radius 3 is 2.76 bits per heavy atom. The predicted octanol–water partition coefficient (Wildman–Crippen LogP) is 3.11. The van der Waals surface area contributed by atoms with Crippen LogP contribution in [0.25, 0.3) is 0 Å². The molecule has 120 valence electrons. The number of rotatable bonds is 9. The monoisotopic (exact) mass is 330 g/mol. The molecule has 0 aliphatic heterocycles. The van der Waals surface area contributed by atoms with E-state index in [2.05, 4.69) is 17.0 Å². The normalized spacial score (nSPS) is 16.6. The largest absolute Gasteiger partial charge is 0.312 e. The lowest BCUT2D eigenvalue weighted by Crippen LogP contribution is -2.27. The molecular formula is C15H26N2O2S2. The summed E-state index contributed by atoms with van der Waals surface area (Å²) in [7, 11) is -3.36. The van der Waals surface area contributed by atoms with Crippen molar-refractivity contribution in [2.45, 2.75) is 56.9 Å². The van der Waals surface area contributed by atoms with Gasteiger partial charge in [-0.1, -0.05) is 32.6 Å². The Balaban J connectivity index is 1.87. The summed E-state index contributed by atoms with van der Waals surface area (Å²) in [5.74, 6) is 0.709. The van der Waals surface area contributed by atoms with Gasteiger partial charge in [0.2, 0.25) is 10.0 Å². The number of hydrogen-bond acceptors (Lipinski definition) is 4. The zero-order valence-corrected chi connectivity index (χ0v) is 14.4. The molecule has 0 spiro atoms. The van der Waals surface area contributed by atoms with Crippen LogP contribution in [0.3, 0.4) is 0 Å². The van der Waals surface area contributed by atoms with Gasteiger partial charge >= 0.3 is 0 Å². The summed E-state index contributed by atoms with van der Waals surface area (Å²) in [4.78, 5) is 1.35. The first-order chi connectivity index (χ1) is 10.1. The maximum atomic E-state index is 12.4. The minimum Gasteiger partial charge on any atom is -0.312 e. The van der Waals surface area contributed by atoms with E-state index in [-0.39, 0.29) is 0 Å². The molecule has 0 atom stereocenters. The van der Waals surface area contributed by atoms with E-state index in [0.717, 1.165) is 24.3 Å². The Bertz CT molecular complexity index is 520. The Morgan fingerprint density at radius 1 is 1.29 bits per heavy atom. The minimum atomic E-state index is -3.36. The number of hydrogen-bond donors (Lipinski definition) is 2. The van der Waals surface area contributed by atoms with Gasteiger partial charge in [0.25, 0.3) is 0 Å². The average molecular weight is 331 g/mol. The van der Waals surface area contributed by atoms with Crippen LogP contribution in [0.15, 0.2) is 16.3 Å². The van der Waals surface area contributed by atoms with Crippen molar-refractivity contribution in [3.05, 3.63) is 16.3 Å². The molecule has 0 amide bonds. The summed E-state index contributed by atoms with van der Waals surface area (Å²) in [6, 6.07) is 1.71. The summed E-state index contributed by atoms with van der Waals surface area (Å²) >= 11 is 1.50. The molecule has 6 heteroatoms. The van der Waals surface area contributed by atoms with E-state index in [4.69, 9.17) is 0 Å². The fraction of sp³-hybridized carbons (Fsp3) is 0.733. The van der Waals surface area contributed by atoms with Crippen LogP contribution in [0.1, 0.15) is 50.3 Å². The molecule has 21 heavy (non-hydrogen) atoms. The first-order valence-electron chi connectivity index (χ1n) is 7.90. The second-order valence-electron chi connectivity index (χ2n) is 5.72. The van der Waals surface area contributed by atoms with E-state index < -0.39 is 10.0 Å². The van der Waals surface area contributed by atoms with Crippen LogP contribution in [0.5, 0.6) is 0 Å². The van der Waals surface area contributed by atoms with Crippen molar-refractivity contribution in [3.63, 3.8) is 0 Å². The minimum absolute atomic E-state index is 0.447. The molecule has 1 aliphatic rings. The van der Waals surface area contributed by atoms with E-state index in [1.54, 1.807) is 6.07 Å². The average Bonchev–Trinajstić information content (AvgIpc) is 3.10. The zero-order valence-electron chi connectivity index (χ0n) is 12.7. The fourth-order valence-corrected chi connectivity index (χ4v) is 5.31. The van der Waals surface area contributed by atoms with Crippen LogP contribution in [-0.4, -0.2) is 21.5 Å². The van der Waals surface area contributed by atoms with Crippen molar-refractivity contribution in [1.29, 1.82) is 0 Å². The summed E-state index contributed by atoms with van der Waals surface area (Å²) in [6.07, 6.45) is 7.13. The molecule has 1 saturated carbocycles. The molecule has 1 heterocycles. The van der Waals surface area contributed by atoms with Gasteiger partial charge in [-0.05, 0) is 36.8 Å². The van der Waals surface area contributed by atoms with E-state index in [1.807, 2.05) is 5.38 Å². The standard InChI is InChI=1S/C15H26N2O2S2/c1-2-9-16-12-14-15(8-11-20-14)21(18,19)17-10-7-13-5-3-4-6-13/h8,11,13,16-17H,2-7,9-10,12H2,1H3. The van der Waals surface area contributed by atoms with Crippen molar-refractivity contribution in [2.24, 2.45) is 5.92 Å². The molecule has 0 bridgehead atoms. The number of sulfonamides is 1. The van der Waals surface area contributed by atoms with Crippen molar-refractivity contribution < 1.29 is 8.42 Å². The highest BCUT2D eigenvalue weighted by Gasteiger charge is 2.20. The van der Waals surface area contributed by atoms with Gasteiger partial charge in [0.15, 0.2) is 0 Å². The highest BCUT2D eigenvalue weighted by atomic mass is 32.2. The highest BCUT2D eigenvalue weighted by Crippen LogP contribution is 2.27. The summed E-state index contributed by atoms with van der Waals surface area (Å²) in [5, 5.41) is 5.12. The Hall–Kier alpha value is -0.430.